The lowest BCUT2D eigenvalue weighted by molar-refractivity contribution is -0.114. The molecule has 0 unspecified atom stereocenters. The molecule has 5 rings (SSSR count). The van der Waals surface area contributed by atoms with Crippen LogP contribution in [0.3, 0.4) is 0 Å². The van der Waals surface area contributed by atoms with E-state index in [0.717, 1.165) is 44.6 Å². The summed E-state index contributed by atoms with van der Waals surface area (Å²) < 4.78 is 7.73. The highest BCUT2D eigenvalue weighted by Crippen LogP contribution is 2.45. The summed E-state index contributed by atoms with van der Waals surface area (Å²) >= 11 is 12.4. The number of pyridine rings is 1. The average Bonchev–Trinajstić information content (AvgIpc) is 3.41. The quantitative estimate of drug-likeness (QED) is 0.259. The molecule has 0 aliphatic carbocycles. The van der Waals surface area contributed by atoms with Gasteiger partial charge in [0.2, 0.25) is 5.91 Å². The van der Waals surface area contributed by atoms with Crippen LogP contribution in [0.25, 0.3) is 5.69 Å². The van der Waals surface area contributed by atoms with Gasteiger partial charge in [0.15, 0.2) is 5.11 Å². The maximum absolute atomic E-state index is 11.9. The Hall–Kier alpha value is -3.88. The molecular weight excluding hydrogens is 530 g/mol. The number of nitrogens with one attached hydrogen (secondary N) is 2. The van der Waals surface area contributed by atoms with Gasteiger partial charge in [-0.2, -0.15) is 0 Å². The van der Waals surface area contributed by atoms with E-state index in [4.69, 9.17) is 28.6 Å². The van der Waals surface area contributed by atoms with Crippen molar-refractivity contribution in [1.82, 2.24) is 14.9 Å². The number of carbonyl (C=O) groups excluding carboxylic acids is 1. The van der Waals surface area contributed by atoms with Gasteiger partial charge in [-0.3, -0.25) is 9.78 Å². The first-order valence-electron chi connectivity index (χ1n) is 12.6. The molecule has 39 heavy (non-hydrogen) atoms. The third-order valence-electron chi connectivity index (χ3n) is 7.14. The second-order valence-corrected chi connectivity index (χ2v) is 10.4. The number of methoxy groups -OCH3 is 1. The maximum atomic E-state index is 11.9. The number of benzene rings is 2. The first kappa shape index (κ1) is 26.7. The van der Waals surface area contributed by atoms with Crippen LogP contribution in [0.15, 0.2) is 66.9 Å². The van der Waals surface area contributed by atoms with E-state index in [1.54, 1.807) is 13.3 Å². The van der Waals surface area contributed by atoms with Gasteiger partial charge in [-0.25, -0.2) is 0 Å². The van der Waals surface area contributed by atoms with Crippen molar-refractivity contribution in [3.8, 4) is 11.4 Å². The second kappa shape index (κ2) is 10.7. The zero-order valence-corrected chi connectivity index (χ0v) is 24.0. The Morgan fingerprint density at radius 1 is 1.10 bits per heavy atom. The number of aryl methyl sites for hydroxylation is 1. The molecule has 9 heteroatoms. The number of hydrogen-bond acceptors (Lipinski definition) is 4. The fourth-order valence-electron chi connectivity index (χ4n) is 5.38. The molecule has 200 valence electrons. The summed E-state index contributed by atoms with van der Waals surface area (Å²) in [6, 6.07) is 19.3. The Bertz CT molecular complexity index is 1570. The van der Waals surface area contributed by atoms with Crippen LogP contribution < -0.4 is 20.3 Å². The van der Waals surface area contributed by atoms with Gasteiger partial charge in [0, 0.05) is 40.9 Å². The molecule has 2 aromatic heterocycles. The summed E-state index contributed by atoms with van der Waals surface area (Å²) in [4.78, 5) is 18.7. The highest BCUT2D eigenvalue weighted by atomic mass is 35.5. The molecule has 2 aromatic carbocycles. The molecule has 0 saturated carbocycles. The molecule has 2 N–H and O–H groups in total. The smallest absolute Gasteiger partial charge is 0.221 e. The van der Waals surface area contributed by atoms with Crippen molar-refractivity contribution in [1.29, 1.82) is 0 Å². The van der Waals surface area contributed by atoms with Crippen LogP contribution in [0, 0.1) is 20.8 Å². The lowest BCUT2D eigenvalue weighted by atomic mass is 9.96. The molecular formula is C30H30ClN5O2S. The predicted molar refractivity (Wildman–Crippen MR) is 160 cm³/mol. The van der Waals surface area contributed by atoms with E-state index < -0.39 is 0 Å². The van der Waals surface area contributed by atoms with Crippen LogP contribution in [0.2, 0.25) is 5.02 Å². The van der Waals surface area contributed by atoms with Crippen LogP contribution in [0.1, 0.15) is 47.2 Å². The monoisotopic (exact) mass is 559 g/mol. The van der Waals surface area contributed by atoms with E-state index in [2.05, 4.69) is 51.1 Å². The minimum Gasteiger partial charge on any atom is -0.495 e. The Morgan fingerprint density at radius 2 is 1.90 bits per heavy atom. The van der Waals surface area contributed by atoms with E-state index >= 15 is 0 Å². The van der Waals surface area contributed by atoms with Gasteiger partial charge in [0.25, 0.3) is 0 Å². The van der Waals surface area contributed by atoms with Gasteiger partial charge in [0.05, 0.1) is 30.6 Å². The van der Waals surface area contributed by atoms with Gasteiger partial charge in [0.1, 0.15) is 5.75 Å². The van der Waals surface area contributed by atoms with Gasteiger partial charge in [-0.05, 0) is 92.6 Å². The molecule has 0 bridgehead atoms. The fourth-order valence-corrected chi connectivity index (χ4v) is 5.89. The van der Waals surface area contributed by atoms with Crippen LogP contribution >= 0.6 is 23.8 Å². The first-order valence-corrected chi connectivity index (χ1v) is 13.4. The fraction of sp³-hybridized carbons (Fsp3) is 0.233. The Kier molecular flexibility index (Phi) is 7.34. The third kappa shape index (κ3) is 4.86. The molecule has 1 aliphatic heterocycles. The number of rotatable bonds is 6. The molecule has 0 radical (unpaired) electrons. The summed E-state index contributed by atoms with van der Waals surface area (Å²) in [7, 11) is 1.58. The summed E-state index contributed by atoms with van der Waals surface area (Å²) in [5.74, 6) is 0.385. The normalized spacial score (nSPS) is 16.8. The van der Waals surface area contributed by atoms with Crippen LogP contribution in [0.4, 0.5) is 11.4 Å². The number of halogens is 1. The molecule has 1 saturated heterocycles. The zero-order valence-electron chi connectivity index (χ0n) is 22.4. The van der Waals surface area contributed by atoms with E-state index in [1.165, 1.54) is 6.92 Å². The number of nitrogens with zero attached hydrogens (tertiary/aromatic N) is 3. The SMILES string of the molecule is COc1ccc(N2C(=S)N[C@@H](c3ccccn3)[C@@H]2c2cc(C)n(-c3cccc(Cl)c3C)c2C)cc1NC(C)=O. The van der Waals surface area contributed by atoms with Crippen molar-refractivity contribution in [2.75, 3.05) is 17.3 Å². The van der Waals surface area contributed by atoms with E-state index in [-0.39, 0.29) is 18.0 Å². The zero-order chi connectivity index (χ0) is 27.8. The lowest BCUT2D eigenvalue weighted by Gasteiger charge is -2.29. The predicted octanol–water partition coefficient (Wildman–Crippen LogP) is 6.60. The standard InChI is InChI=1S/C30H30ClN5O2S/c1-17-15-22(19(3)35(17)26-11-8-9-23(31)18(26)2)29-28(24-10-6-7-14-32-24)34-30(39)36(29)21-12-13-27(38-5)25(16-21)33-20(4)37/h6-16,28-29H,1-5H3,(H,33,37)(H,34,39)/t28-,29-/m0/s1. The van der Waals surface area contributed by atoms with Gasteiger partial charge in [-0.15, -0.1) is 0 Å². The van der Waals surface area contributed by atoms with Crippen molar-refractivity contribution >= 4 is 46.2 Å². The highest BCUT2D eigenvalue weighted by Gasteiger charge is 2.42. The second-order valence-electron chi connectivity index (χ2n) is 9.61. The van der Waals surface area contributed by atoms with Crippen molar-refractivity contribution in [3.05, 3.63) is 100 Å². The summed E-state index contributed by atoms with van der Waals surface area (Å²) in [5.41, 5.74) is 7.60. The van der Waals surface area contributed by atoms with Gasteiger partial charge >= 0.3 is 0 Å². The topological polar surface area (TPSA) is 71.4 Å². The highest BCUT2D eigenvalue weighted by molar-refractivity contribution is 7.80. The summed E-state index contributed by atoms with van der Waals surface area (Å²) in [6.45, 7) is 7.72. The number of thiocarbonyl (C=S) groups is 1. The Morgan fingerprint density at radius 3 is 2.59 bits per heavy atom. The summed E-state index contributed by atoms with van der Waals surface area (Å²) in [6.07, 6.45) is 1.79. The molecule has 2 atom stereocenters. The van der Waals surface area contributed by atoms with Crippen LogP contribution in [-0.4, -0.2) is 27.7 Å². The maximum Gasteiger partial charge on any atom is 0.221 e. The van der Waals surface area contributed by atoms with Crippen molar-refractivity contribution in [3.63, 3.8) is 0 Å². The van der Waals surface area contributed by atoms with E-state index in [9.17, 15) is 4.79 Å². The first-order chi connectivity index (χ1) is 18.7. The van der Waals surface area contributed by atoms with Crippen LogP contribution in [0.5, 0.6) is 5.75 Å². The molecule has 7 nitrogen and oxygen atoms in total. The van der Waals surface area contributed by atoms with E-state index in [0.29, 0.717) is 16.5 Å². The third-order valence-corrected chi connectivity index (χ3v) is 7.86. The molecule has 1 fully saturated rings. The number of hydrogen-bond donors (Lipinski definition) is 2. The minimum absolute atomic E-state index is 0.184. The molecule has 0 spiro atoms. The molecule has 3 heterocycles. The lowest BCUT2D eigenvalue weighted by Crippen LogP contribution is -2.29. The van der Waals surface area contributed by atoms with Crippen molar-refractivity contribution in [2.24, 2.45) is 0 Å². The average molecular weight is 560 g/mol. The van der Waals surface area contributed by atoms with Crippen LogP contribution in [-0.2, 0) is 4.79 Å². The van der Waals surface area contributed by atoms with Gasteiger partial charge < -0.3 is 24.8 Å². The molecule has 1 amide bonds. The number of aromatic nitrogens is 2. The number of carbonyl (C=O) groups is 1. The minimum atomic E-state index is -0.217. The Labute approximate surface area is 238 Å². The molecule has 1 aliphatic rings. The molecule has 4 aromatic rings. The number of amides is 1. The van der Waals surface area contributed by atoms with E-state index in [1.807, 2.05) is 55.5 Å². The van der Waals surface area contributed by atoms with Crippen molar-refractivity contribution in [2.45, 2.75) is 39.8 Å². The number of ether oxygens (including phenoxy) is 1. The number of anilines is 2. The van der Waals surface area contributed by atoms with Gasteiger partial charge in [-0.1, -0.05) is 23.7 Å². The largest absolute Gasteiger partial charge is 0.495 e. The van der Waals surface area contributed by atoms with Crippen molar-refractivity contribution < 1.29 is 9.53 Å². The summed E-state index contributed by atoms with van der Waals surface area (Å²) in [5, 5.41) is 7.69. The Balaban J connectivity index is 1.70.